The van der Waals surface area contributed by atoms with E-state index in [4.69, 9.17) is 23.4 Å². The van der Waals surface area contributed by atoms with Gasteiger partial charge in [0.25, 0.3) is 6.04 Å². The van der Waals surface area contributed by atoms with Crippen LogP contribution in [0.2, 0.25) is 0 Å². The molecule has 7 heteroatoms. The molecule has 0 spiro atoms. The van der Waals surface area contributed by atoms with Crippen molar-refractivity contribution in [3.63, 3.8) is 0 Å². The van der Waals surface area contributed by atoms with E-state index in [9.17, 15) is 14.9 Å². The van der Waals surface area contributed by atoms with Crippen molar-refractivity contribution in [3.05, 3.63) is 87.5 Å². The molecule has 0 saturated carbocycles. The monoisotopic (exact) mass is 353 g/mol. The number of nitrogens with two attached hydrogens (primary N) is 1. The van der Waals surface area contributed by atoms with Crippen LogP contribution in [0.4, 0.5) is 0 Å². The summed E-state index contributed by atoms with van der Waals surface area (Å²) in [6.45, 7) is 0. The fourth-order valence-corrected chi connectivity index (χ4v) is 2.78. The Morgan fingerprint density at radius 2 is 1.64 bits per heavy atom. The first-order chi connectivity index (χ1) is 12.0. The highest BCUT2D eigenvalue weighted by Crippen LogP contribution is 2.30. The average molecular weight is 353 g/mol. The number of nitrogens with one attached hydrogen (secondary N) is 1. The van der Waals surface area contributed by atoms with Crippen LogP contribution in [0.25, 0.3) is 0 Å². The molecule has 0 fully saturated rings. The topological polar surface area (TPSA) is 110 Å². The molecule has 2 atom stereocenters. The van der Waals surface area contributed by atoms with E-state index >= 15 is 0 Å². The van der Waals surface area contributed by atoms with Gasteiger partial charge >= 0.3 is 0 Å². The van der Waals surface area contributed by atoms with Gasteiger partial charge in [-0.25, -0.2) is 0 Å². The van der Waals surface area contributed by atoms with E-state index in [1.165, 1.54) is 12.1 Å². The molecule has 0 aliphatic carbocycles. The van der Waals surface area contributed by atoms with Crippen molar-refractivity contribution < 1.29 is 9.72 Å². The predicted octanol–water partition coefficient (Wildman–Crippen LogP) is 2.76. The molecule has 0 radical (unpaired) electrons. The summed E-state index contributed by atoms with van der Waals surface area (Å²) in [4.78, 5) is 23.7. The van der Waals surface area contributed by atoms with Crippen molar-refractivity contribution in [1.29, 1.82) is 5.41 Å². The lowest BCUT2D eigenvalue weighted by atomic mass is 9.82. The second kappa shape index (κ2) is 8.10. The number of hydrogen-bond donors (Lipinski definition) is 2. The van der Waals surface area contributed by atoms with E-state index in [1.54, 1.807) is 48.5 Å². The third-order valence-electron chi connectivity index (χ3n) is 3.74. The standard InChI is InChI=1S/C18H15N3O3S/c19-11-14(18(20)25)15(12-7-3-1-4-8-12)16(21(23)24)17(22)13-9-5-2-6-10-13/h1-10,15-16,19H,(H2,20,25). The van der Waals surface area contributed by atoms with Gasteiger partial charge in [-0.05, 0) is 11.4 Å². The van der Waals surface area contributed by atoms with Crippen LogP contribution in [0, 0.1) is 15.5 Å². The predicted molar refractivity (Wildman–Crippen MR) is 98.8 cm³/mol. The molecule has 0 aromatic heterocycles. The first kappa shape index (κ1) is 18.2. The van der Waals surface area contributed by atoms with Crippen LogP contribution in [0.3, 0.4) is 0 Å². The minimum Gasteiger partial charge on any atom is -0.389 e. The Hall–Kier alpha value is -3.15. The first-order valence-electron chi connectivity index (χ1n) is 7.34. The van der Waals surface area contributed by atoms with E-state index in [2.05, 4.69) is 5.87 Å². The molecular weight excluding hydrogens is 338 g/mol. The van der Waals surface area contributed by atoms with E-state index in [-0.39, 0.29) is 16.1 Å². The van der Waals surface area contributed by atoms with Gasteiger partial charge in [0, 0.05) is 10.5 Å². The van der Waals surface area contributed by atoms with Gasteiger partial charge in [-0.2, -0.15) is 0 Å². The minimum atomic E-state index is -1.67. The highest BCUT2D eigenvalue weighted by Gasteiger charge is 2.43. The SMILES string of the molecule is N=C=C(C(N)=S)C(c1ccccc1)C(C(=O)c1ccccc1)[N+](=O)[O-]. The highest BCUT2D eigenvalue weighted by molar-refractivity contribution is 7.80. The number of ketones is 1. The van der Waals surface area contributed by atoms with Gasteiger partial charge in [0.2, 0.25) is 5.78 Å². The molecule has 2 aromatic rings. The van der Waals surface area contributed by atoms with Crippen LogP contribution >= 0.6 is 12.2 Å². The van der Waals surface area contributed by atoms with E-state index in [1.807, 2.05) is 0 Å². The molecule has 0 aliphatic rings. The molecule has 2 rings (SSSR count). The molecule has 0 heterocycles. The molecule has 0 aliphatic heterocycles. The van der Waals surface area contributed by atoms with Gasteiger partial charge < -0.3 is 5.73 Å². The number of carbonyl (C=O) groups excluding carboxylic acids is 1. The highest BCUT2D eigenvalue weighted by atomic mass is 32.1. The summed E-state index contributed by atoms with van der Waals surface area (Å²) in [5.41, 5.74) is 6.27. The van der Waals surface area contributed by atoms with Crippen molar-refractivity contribution >= 4 is 28.9 Å². The molecule has 3 N–H and O–H groups in total. The Morgan fingerprint density at radius 3 is 2.08 bits per heavy atom. The zero-order chi connectivity index (χ0) is 18.4. The Morgan fingerprint density at radius 1 is 1.12 bits per heavy atom. The fraction of sp³-hybridized carbons (Fsp3) is 0.111. The number of carbonyl (C=O) groups is 1. The van der Waals surface area contributed by atoms with Crippen molar-refractivity contribution in [2.75, 3.05) is 0 Å². The maximum absolute atomic E-state index is 12.8. The normalized spacial score (nSPS) is 12.5. The summed E-state index contributed by atoms with van der Waals surface area (Å²) in [6, 6.07) is 14.7. The quantitative estimate of drug-likeness (QED) is 0.199. The average Bonchev–Trinajstić information content (AvgIpc) is 2.62. The second-order valence-electron chi connectivity index (χ2n) is 5.25. The van der Waals surface area contributed by atoms with Gasteiger partial charge in [-0.3, -0.25) is 20.3 Å². The number of thiocarbonyl (C=S) groups is 1. The fourth-order valence-electron chi connectivity index (χ4n) is 2.60. The van der Waals surface area contributed by atoms with Gasteiger partial charge in [0.1, 0.15) is 4.99 Å². The maximum Gasteiger partial charge on any atom is 0.286 e. The Bertz CT molecular complexity index is 846. The smallest absolute Gasteiger partial charge is 0.286 e. The van der Waals surface area contributed by atoms with E-state index < -0.39 is 22.7 Å². The van der Waals surface area contributed by atoms with Crippen molar-refractivity contribution in [2.24, 2.45) is 5.73 Å². The number of benzene rings is 2. The lowest BCUT2D eigenvalue weighted by Crippen LogP contribution is -2.39. The lowest BCUT2D eigenvalue weighted by Gasteiger charge is -2.21. The van der Waals surface area contributed by atoms with Gasteiger partial charge in [0.05, 0.1) is 11.5 Å². The summed E-state index contributed by atoms with van der Waals surface area (Å²) < 4.78 is 0. The third kappa shape index (κ3) is 4.03. The summed E-state index contributed by atoms with van der Waals surface area (Å²) in [7, 11) is 0. The molecule has 0 amide bonds. The molecular formula is C18H15N3O3S. The Balaban J connectivity index is 2.63. The summed E-state index contributed by atoms with van der Waals surface area (Å²) >= 11 is 4.93. The Kier molecular flexibility index (Phi) is 5.89. The number of nitro groups is 1. The van der Waals surface area contributed by atoms with Crippen molar-refractivity contribution in [2.45, 2.75) is 12.0 Å². The molecule has 126 valence electrons. The molecule has 0 saturated heterocycles. The Labute approximate surface area is 149 Å². The van der Waals surface area contributed by atoms with E-state index in [0.717, 1.165) is 0 Å². The van der Waals surface area contributed by atoms with Gasteiger partial charge in [-0.1, -0.05) is 72.9 Å². The molecule has 6 nitrogen and oxygen atoms in total. The van der Waals surface area contributed by atoms with Crippen LogP contribution in [0.15, 0.2) is 66.2 Å². The van der Waals surface area contributed by atoms with Crippen LogP contribution in [0.5, 0.6) is 0 Å². The molecule has 2 aromatic carbocycles. The van der Waals surface area contributed by atoms with Crippen LogP contribution < -0.4 is 5.73 Å². The van der Waals surface area contributed by atoms with E-state index in [0.29, 0.717) is 5.56 Å². The largest absolute Gasteiger partial charge is 0.389 e. The number of hydrogen-bond acceptors (Lipinski definition) is 5. The molecule has 2 unspecified atom stereocenters. The molecule has 25 heavy (non-hydrogen) atoms. The van der Waals surface area contributed by atoms with Crippen molar-refractivity contribution in [1.82, 2.24) is 0 Å². The lowest BCUT2D eigenvalue weighted by molar-refractivity contribution is -0.507. The first-order valence-corrected chi connectivity index (χ1v) is 7.75. The third-order valence-corrected chi connectivity index (χ3v) is 3.96. The summed E-state index contributed by atoms with van der Waals surface area (Å²) in [6.07, 6.45) is 0. The zero-order valence-electron chi connectivity index (χ0n) is 13.1. The maximum atomic E-state index is 12.8. The summed E-state index contributed by atoms with van der Waals surface area (Å²) in [5.74, 6) is 0.310. The minimum absolute atomic E-state index is 0.0489. The zero-order valence-corrected chi connectivity index (χ0v) is 13.9. The van der Waals surface area contributed by atoms with Gasteiger partial charge in [0.15, 0.2) is 0 Å². The molecule has 0 bridgehead atoms. The van der Waals surface area contributed by atoms with Crippen molar-refractivity contribution in [3.8, 4) is 0 Å². The second-order valence-corrected chi connectivity index (χ2v) is 5.69. The number of Topliss-reactive ketones (excluding diaryl/α,β-unsaturated/α-hetero) is 1. The summed E-state index contributed by atoms with van der Waals surface area (Å²) in [5, 5.41) is 19.2. The van der Waals surface area contributed by atoms with Crippen LogP contribution in [0.1, 0.15) is 21.8 Å². The van der Waals surface area contributed by atoms with Crippen LogP contribution in [-0.4, -0.2) is 27.6 Å². The number of rotatable bonds is 7. The van der Waals surface area contributed by atoms with Crippen LogP contribution in [-0.2, 0) is 0 Å². The van der Waals surface area contributed by atoms with Gasteiger partial charge in [-0.15, -0.1) is 0 Å². The number of nitrogens with zero attached hydrogens (tertiary/aromatic N) is 1.